The summed E-state index contributed by atoms with van der Waals surface area (Å²) in [7, 11) is -4.58. The van der Waals surface area contributed by atoms with Crippen LogP contribution in [0.25, 0.3) is 0 Å². The van der Waals surface area contributed by atoms with Gasteiger partial charge >= 0.3 is 7.82 Å². The number of aliphatic hydroxyl groups is 2. The Labute approximate surface area is 75.4 Å². The summed E-state index contributed by atoms with van der Waals surface area (Å²) >= 11 is 0. The van der Waals surface area contributed by atoms with E-state index in [4.69, 9.17) is 25.7 Å². The van der Waals surface area contributed by atoms with E-state index in [0.29, 0.717) is 0 Å². The Balaban J connectivity index is 3.73. The maximum atomic E-state index is 10.2. The van der Waals surface area contributed by atoms with E-state index in [1.54, 1.807) is 0 Å². The van der Waals surface area contributed by atoms with Crippen LogP contribution in [0.15, 0.2) is 0 Å². The van der Waals surface area contributed by atoms with Gasteiger partial charge < -0.3 is 25.7 Å². The number of rotatable bonds is 6. The van der Waals surface area contributed by atoms with Gasteiger partial charge in [0.2, 0.25) is 0 Å². The van der Waals surface area contributed by atoms with E-state index in [1.807, 2.05) is 0 Å². The van der Waals surface area contributed by atoms with Gasteiger partial charge in [-0.2, -0.15) is 0 Å². The minimum absolute atomic E-state index is 0.145. The Morgan fingerprint density at radius 3 is 2.23 bits per heavy atom. The van der Waals surface area contributed by atoms with Crippen LogP contribution >= 0.6 is 7.82 Å². The molecule has 0 amide bonds. The van der Waals surface area contributed by atoms with Crippen LogP contribution in [0.4, 0.5) is 0 Å². The van der Waals surface area contributed by atoms with Crippen molar-refractivity contribution >= 4 is 7.82 Å². The van der Waals surface area contributed by atoms with Gasteiger partial charge in [-0.1, -0.05) is 0 Å². The van der Waals surface area contributed by atoms with E-state index in [0.717, 1.165) is 0 Å². The molecule has 0 aromatic carbocycles. The van der Waals surface area contributed by atoms with Crippen LogP contribution in [-0.2, 0) is 9.09 Å². The molecule has 0 aromatic rings. The third kappa shape index (κ3) is 7.09. The van der Waals surface area contributed by atoms with E-state index >= 15 is 0 Å². The Morgan fingerprint density at radius 1 is 1.31 bits per heavy atom. The zero-order chi connectivity index (χ0) is 10.5. The van der Waals surface area contributed by atoms with E-state index in [-0.39, 0.29) is 13.0 Å². The summed E-state index contributed by atoms with van der Waals surface area (Å²) in [4.78, 5) is 16.5. The van der Waals surface area contributed by atoms with Crippen LogP contribution in [0.2, 0.25) is 0 Å². The molecule has 0 aliphatic carbocycles. The predicted molar refractivity (Wildman–Crippen MR) is 43.7 cm³/mol. The molecular weight excluding hydrogens is 201 g/mol. The molecule has 0 saturated carbocycles. The number of hydrogen-bond donors (Lipinski definition) is 5. The third-order valence-corrected chi connectivity index (χ3v) is 1.81. The molecule has 8 heteroatoms. The van der Waals surface area contributed by atoms with Crippen molar-refractivity contribution in [3.05, 3.63) is 0 Å². The van der Waals surface area contributed by atoms with Gasteiger partial charge in [-0.25, -0.2) is 4.57 Å². The molecule has 0 radical (unpaired) electrons. The highest BCUT2D eigenvalue weighted by Crippen LogP contribution is 2.35. The highest BCUT2D eigenvalue weighted by molar-refractivity contribution is 7.46. The summed E-state index contributed by atoms with van der Waals surface area (Å²) in [5.74, 6) is 0. The number of hydrogen-bond acceptors (Lipinski definition) is 5. The standard InChI is InChI=1S/C5H14NO6P/c6-2-1-4(7)5(8)3-12-13(9,10)11/h4-5,7-8H,1-3,6H2,(H2,9,10,11)/t4-,5+/m0/s1. The Hall–Kier alpha value is -0.0100. The predicted octanol–water partition coefficient (Wildman–Crippen LogP) is -1.83. The quantitative estimate of drug-likeness (QED) is 0.329. The van der Waals surface area contributed by atoms with Gasteiger partial charge in [0.05, 0.1) is 12.7 Å². The smallest absolute Gasteiger partial charge is 0.390 e. The molecule has 0 unspecified atom stereocenters. The zero-order valence-corrected chi connectivity index (χ0v) is 7.80. The number of phosphoric ester groups is 1. The van der Waals surface area contributed by atoms with Crippen molar-refractivity contribution in [2.75, 3.05) is 13.2 Å². The van der Waals surface area contributed by atoms with E-state index < -0.39 is 26.6 Å². The van der Waals surface area contributed by atoms with E-state index in [9.17, 15) is 4.57 Å². The van der Waals surface area contributed by atoms with Crippen molar-refractivity contribution in [3.63, 3.8) is 0 Å². The van der Waals surface area contributed by atoms with Gasteiger partial charge in [-0.15, -0.1) is 0 Å². The van der Waals surface area contributed by atoms with Crippen LogP contribution in [0.3, 0.4) is 0 Å². The Bertz CT molecular complexity index is 182. The lowest BCUT2D eigenvalue weighted by molar-refractivity contribution is -0.0159. The number of nitrogens with two attached hydrogens (primary N) is 1. The second-order valence-corrected chi connectivity index (χ2v) is 3.74. The molecule has 0 bridgehead atoms. The van der Waals surface area contributed by atoms with Gasteiger partial charge in [-0.05, 0) is 13.0 Å². The first-order chi connectivity index (χ1) is 5.87. The second kappa shape index (κ2) is 5.66. The molecule has 0 heterocycles. The minimum Gasteiger partial charge on any atom is -0.390 e. The van der Waals surface area contributed by atoms with E-state index in [1.165, 1.54) is 0 Å². The molecule has 0 saturated heterocycles. The molecule has 0 aliphatic rings. The largest absolute Gasteiger partial charge is 0.469 e. The molecule has 80 valence electrons. The highest BCUT2D eigenvalue weighted by atomic mass is 31.2. The van der Waals surface area contributed by atoms with Gasteiger partial charge in [0.1, 0.15) is 6.10 Å². The van der Waals surface area contributed by atoms with Crippen LogP contribution < -0.4 is 5.73 Å². The average molecular weight is 215 g/mol. The van der Waals surface area contributed by atoms with Crippen molar-refractivity contribution in [2.24, 2.45) is 5.73 Å². The van der Waals surface area contributed by atoms with Crippen LogP contribution in [0.1, 0.15) is 6.42 Å². The van der Waals surface area contributed by atoms with Crippen molar-refractivity contribution in [3.8, 4) is 0 Å². The fourth-order valence-corrected chi connectivity index (χ4v) is 0.995. The lowest BCUT2D eigenvalue weighted by atomic mass is 10.1. The molecular formula is C5H14NO6P. The molecule has 0 rings (SSSR count). The summed E-state index contributed by atoms with van der Waals surface area (Å²) < 4.78 is 14.1. The van der Waals surface area contributed by atoms with Gasteiger partial charge in [0, 0.05) is 0 Å². The highest BCUT2D eigenvalue weighted by Gasteiger charge is 2.21. The zero-order valence-electron chi connectivity index (χ0n) is 6.91. The van der Waals surface area contributed by atoms with Crippen molar-refractivity contribution in [1.29, 1.82) is 0 Å². The average Bonchev–Trinajstić information content (AvgIpc) is 1.99. The monoisotopic (exact) mass is 215 g/mol. The van der Waals surface area contributed by atoms with Crippen molar-refractivity contribution < 1.29 is 29.1 Å². The minimum atomic E-state index is -4.58. The summed E-state index contributed by atoms with van der Waals surface area (Å²) in [5.41, 5.74) is 5.08. The molecule has 7 nitrogen and oxygen atoms in total. The first-order valence-electron chi connectivity index (χ1n) is 3.63. The van der Waals surface area contributed by atoms with Gasteiger partial charge in [0.15, 0.2) is 0 Å². The molecule has 0 aromatic heterocycles. The summed E-state index contributed by atoms with van der Waals surface area (Å²) in [6, 6.07) is 0. The van der Waals surface area contributed by atoms with Gasteiger partial charge in [-0.3, -0.25) is 4.52 Å². The molecule has 2 atom stereocenters. The Kier molecular flexibility index (Phi) is 5.66. The normalized spacial score (nSPS) is 17.0. The summed E-state index contributed by atoms with van der Waals surface area (Å²) in [6.07, 6.45) is -2.32. The van der Waals surface area contributed by atoms with Crippen LogP contribution in [0, 0.1) is 0 Å². The second-order valence-electron chi connectivity index (χ2n) is 2.50. The molecule has 0 aliphatic heterocycles. The fraction of sp³-hybridized carbons (Fsp3) is 1.00. The SMILES string of the molecule is NCC[C@H](O)[C@H](O)COP(=O)(O)O. The van der Waals surface area contributed by atoms with Crippen molar-refractivity contribution in [1.82, 2.24) is 0 Å². The number of aliphatic hydroxyl groups excluding tert-OH is 2. The van der Waals surface area contributed by atoms with Crippen LogP contribution in [0.5, 0.6) is 0 Å². The summed E-state index contributed by atoms with van der Waals surface area (Å²) in [5, 5.41) is 18.1. The molecule has 0 fully saturated rings. The molecule has 13 heavy (non-hydrogen) atoms. The third-order valence-electron chi connectivity index (χ3n) is 1.32. The topological polar surface area (TPSA) is 133 Å². The van der Waals surface area contributed by atoms with Crippen molar-refractivity contribution in [2.45, 2.75) is 18.6 Å². The van der Waals surface area contributed by atoms with E-state index in [2.05, 4.69) is 4.52 Å². The fourth-order valence-electron chi connectivity index (χ4n) is 0.648. The van der Waals surface area contributed by atoms with Gasteiger partial charge in [0.25, 0.3) is 0 Å². The first kappa shape index (κ1) is 13.0. The lowest BCUT2D eigenvalue weighted by Crippen LogP contribution is -2.31. The first-order valence-corrected chi connectivity index (χ1v) is 5.16. The molecule has 0 spiro atoms. The molecule has 6 N–H and O–H groups in total. The summed E-state index contributed by atoms with van der Waals surface area (Å²) in [6.45, 7) is -0.445. The number of phosphoric acid groups is 1. The maximum Gasteiger partial charge on any atom is 0.469 e. The maximum absolute atomic E-state index is 10.2. The Morgan fingerprint density at radius 2 is 1.85 bits per heavy atom. The lowest BCUT2D eigenvalue weighted by Gasteiger charge is -2.16. The van der Waals surface area contributed by atoms with Crippen LogP contribution in [-0.4, -0.2) is 45.4 Å².